The lowest BCUT2D eigenvalue weighted by atomic mass is 9.99. The average Bonchev–Trinajstić information content (AvgIpc) is 3.17. The number of nitrogens with one attached hydrogen (secondary N) is 4. The summed E-state index contributed by atoms with van der Waals surface area (Å²) >= 11 is 5.22. The van der Waals surface area contributed by atoms with Crippen molar-refractivity contribution in [2.75, 3.05) is 6.54 Å². The van der Waals surface area contributed by atoms with Crippen molar-refractivity contribution in [3.8, 4) is 11.3 Å². The molecule has 0 radical (unpaired) electrons. The zero-order chi connectivity index (χ0) is 18.8. The van der Waals surface area contributed by atoms with Gasteiger partial charge in [0, 0.05) is 12.1 Å². The normalized spacial score (nSPS) is 11.6. The summed E-state index contributed by atoms with van der Waals surface area (Å²) in [5.41, 5.74) is 7.36. The lowest BCUT2D eigenvalue weighted by Gasteiger charge is -2.17. The third-order valence-corrected chi connectivity index (χ3v) is 4.52. The van der Waals surface area contributed by atoms with Crippen LogP contribution in [0.15, 0.2) is 36.4 Å². The van der Waals surface area contributed by atoms with E-state index >= 15 is 0 Å². The van der Waals surface area contributed by atoms with Crippen LogP contribution in [0.2, 0.25) is 0 Å². The Morgan fingerprint density at radius 1 is 1.23 bits per heavy atom. The van der Waals surface area contributed by atoms with Crippen LogP contribution in [0, 0.1) is 5.92 Å². The Labute approximate surface area is 160 Å². The maximum atomic E-state index is 12.2. The Bertz CT molecular complexity index is 701. The largest absolute Gasteiger partial charge is 0.361 e. The number of hydrogen-bond donors (Lipinski definition) is 4. The van der Waals surface area contributed by atoms with E-state index in [1.54, 1.807) is 6.07 Å². The summed E-state index contributed by atoms with van der Waals surface area (Å²) in [6.07, 6.45) is 4.72. The molecule has 1 aromatic heterocycles. The van der Waals surface area contributed by atoms with Gasteiger partial charge >= 0.3 is 0 Å². The molecule has 2 rings (SSSR count). The molecule has 1 amide bonds. The smallest absolute Gasteiger partial charge is 0.287 e. The molecule has 2 aromatic rings. The van der Waals surface area contributed by atoms with Crippen molar-refractivity contribution >= 4 is 23.2 Å². The molecule has 4 N–H and O–H groups in total. The summed E-state index contributed by atoms with van der Waals surface area (Å²) in [7, 11) is 0. The minimum absolute atomic E-state index is 0.318. The second-order valence-corrected chi connectivity index (χ2v) is 6.65. The van der Waals surface area contributed by atoms with Crippen LogP contribution in [0.5, 0.6) is 0 Å². The van der Waals surface area contributed by atoms with Gasteiger partial charge in [0.15, 0.2) is 5.11 Å². The number of amides is 1. The van der Waals surface area contributed by atoms with Gasteiger partial charge in [-0.15, -0.1) is 0 Å². The number of H-pyrrole nitrogens is 1. The Balaban J connectivity index is 1.78. The first kappa shape index (κ1) is 19.9. The van der Waals surface area contributed by atoms with Gasteiger partial charge in [0.05, 0.1) is 5.69 Å². The van der Waals surface area contributed by atoms with Crippen LogP contribution in [0.25, 0.3) is 11.3 Å². The van der Waals surface area contributed by atoms with Gasteiger partial charge in [-0.1, -0.05) is 63.4 Å². The highest BCUT2D eigenvalue weighted by Crippen LogP contribution is 2.16. The molecule has 0 fully saturated rings. The van der Waals surface area contributed by atoms with Crippen LogP contribution in [0.4, 0.5) is 0 Å². The Morgan fingerprint density at radius 3 is 2.69 bits per heavy atom. The highest BCUT2D eigenvalue weighted by Gasteiger charge is 2.11. The molecule has 1 heterocycles. The predicted octanol–water partition coefficient (Wildman–Crippen LogP) is 3.40. The van der Waals surface area contributed by atoms with Crippen molar-refractivity contribution < 1.29 is 4.79 Å². The minimum atomic E-state index is -0.318. The standard InChI is InChI=1S/C19H27N5OS/c1-3-5-9-14(4-2)13-20-19(26)24-23-18(25)17-12-16(21-22-17)15-10-7-6-8-11-15/h6-8,10-12,14H,3-5,9,13H2,1-2H3,(H,21,22)(H,23,25)(H2,20,24,26)/t14-/m0/s1. The fourth-order valence-electron chi connectivity index (χ4n) is 2.60. The Hall–Kier alpha value is -2.41. The van der Waals surface area contributed by atoms with Gasteiger partial charge in [-0.2, -0.15) is 5.10 Å². The van der Waals surface area contributed by atoms with Crippen molar-refractivity contribution in [3.05, 3.63) is 42.1 Å². The van der Waals surface area contributed by atoms with E-state index in [4.69, 9.17) is 12.2 Å². The molecule has 0 saturated carbocycles. The fourth-order valence-corrected chi connectivity index (χ4v) is 2.73. The summed E-state index contributed by atoms with van der Waals surface area (Å²) in [4.78, 5) is 12.2. The molecule has 0 spiro atoms. The number of rotatable bonds is 8. The Kier molecular flexibility index (Phi) is 8.08. The van der Waals surface area contributed by atoms with Gasteiger partial charge in [0.2, 0.25) is 0 Å². The maximum absolute atomic E-state index is 12.2. The summed E-state index contributed by atoms with van der Waals surface area (Å²) in [5, 5.41) is 10.5. The van der Waals surface area contributed by atoms with Gasteiger partial charge in [-0.05, 0) is 30.6 Å². The SMILES string of the molecule is CCCC[C@H](CC)CNC(=S)NNC(=O)c1cc(-c2ccccc2)n[nH]1. The quantitative estimate of drug-likeness (QED) is 0.421. The number of nitrogens with zero attached hydrogens (tertiary/aromatic N) is 1. The van der Waals surface area contributed by atoms with Crippen molar-refractivity contribution in [2.24, 2.45) is 5.92 Å². The number of hydrogen-bond acceptors (Lipinski definition) is 3. The number of aromatic nitrogens is 2. The van der Waals surface area contributed by atoms with E-state index in [0.717, 1.165) is 24.2 Å². The van der Waals surface area contributed by atoms with Crippen LogP contribution in [-0.4, -0.2) is 27.8 Å². The van der Waals surface area contributed by atoms with Crippen LogP contribution in [0.1, 0.15) is 50.0 Å². The molecular weight excluding hydrogens is 346 g/mol. The fraction of sp³-hybridized carbons (Fsp3) is 0.421. The average molecular weight is 374 g/mol. The first-order valence-corrected chi connectivity index (χ1v) is 9.49. The molecule has 26 heavy (non-hydrogen) atoms. The van der Waals surface area contributed by atoms with Gasteiger partial charge in [0.25, 0.3) is 5.91 Å². The van der Waals surface area contributed by atoms with Crippen LogP contribution in [-0.2, 0) is 0 Å². The van der Waals surface area contributed by atoms with Crippen LogP contribution >= 0.6 is 12.2 Å². The van der Waals surface area contributed by atoms with E-state index in [9.17, 15) is 4.79 Å². The van der Waals surface area contributed by atoms with Crippen LogP contribution < -0.4 is 16.2 Å². The van der Waals surface area contributed by atoms with E-state index in [-0.39, 0.29) is 5.91 Å². The van der Waals surface area contributed by atoms with Gasteiger partial charge in [0.1, 0.15) is 5.69 Å². The number of thiocarbonyl (C=S) groups is 1. The van der Waals surface area contributed by atoms with E-state index in [2.05, 4.69) is 40.2 Å². The molecule has 140 valence electrons. The number of unbranched alkanes of at least 4 members (excludes halogenated alkanes) is 1. The first-order valence-electron chi connectivity index (χ1n) is 9.09. The third kappa shape index (κ3) is 6.15. The number of aromatic amines is 1. The summed E-state index contributed by atoms with van der Waals surface area (Å²) in [5.74, 6) is 0.272. The summed E-state index contributed by atoms with van der Waals surface area (Å²) < 4.78 is 0. The predicted molar refractivity (Wildman–Crippen MR) is 109 cm³/mol. The summed E-state index contributed by atoms with van der Waals surface area (Å²) in [6, 6.07) is 11.4. The number of carbonyl (C=O) groups is 1. The lowest BCUT2D eigenvalue weighted by molar-refractivity contribution is 0.0938. The molecular formula is C19H27N5OS. The van der Waals surface area contributed by atoms with Crippen molar-refractivity contribution in [2.45, 2.75) is 39.5 Å². The van der Waals surface area contributed by atoms with Gasteiger partial charge in [-0.3, -0.25) is 20.7 Å². The summed E-state index contributed by atoms with van der Waals surface area (Å²) in [6.45, 7) is 5.18. The first-order chi connectivity index (χ1) is 12.6. The molecule has 1 aromatic carbocycles. The minimum Gasteiger partial charge on any atom is -0.361 e. The third-order valence-electron chi connectivity index (χ3n) is 4.28. The van der Waals surface area contributed by atoms with Crippen molar-refractivity contribution in [1.29, 1.82) is 0 Å². The molecule has 0 aliphatic carbocycles. The lowest BCUT2D eigenvalue weighted by Crippen LogP contribution is -2.47. The second kappa shape index (κ2) is 10.6. The number of carbonyl (C=O) groups excluding carboxylic acids is 1. The van der Waals surface area contributed by atoms with Crippen molar-refractivity contribution in [1.82, 2.24) is 26.4 Å². The molecule has 0 aliphatic rings. The van der Waals surface area contributed by atoms with Crippen molar-refractivity contribution in [3.63, 3.8) is 0 Å². The van der Waals surface area contributed by atoms with E-state index in [1.807, 2.05) is 30.3 Å². The molecule has 0 aliphatic heterocycles. The highest BCUT2D eigenvalue weighted by atomic mass is 32.1. The van der Waals surface area contributed by atoms with E-state index in [0.29, 0.717) is 16.7 Å². The maximum Gasteiger partial charge on any atom is 0.287 e. The monoisotopic (exact) mass is 373 g/mol. The van der Waals surface area contributed by atoms with E-state index < -0.39 is 0 Å². The molecule has 1 atom stereocenters. The Morgan fingerprint density at radius 2 is 2.00 bits per heavy atom. The zero-order valence-electron chi connectivity index (χ0n) is 15.3. The molecule has 7 heteroatoms. The van der Waals surface area contributed by atoms with Gasteiger partial charge < -0.3 is 5.32 Å². The number of benzene rings is 1. The molecule has 0 saturated heterocycles. The highest BCUT2D eigenvalue weighted by molar-refractivity contribution is 7.80. The second-order valence-electron chi connectivity index (χ2n) is 6.24. The van der Waals surface area contributed by atoms with Crippen LogP contribution in [0.3, 0.4) is 0 Å². The molecule has 6 nitrogen and oxygen atoms in total. The zero-order valence-corrected chi connectivity index (χ0v) is 16.2. The molecule has 0 bridgehead atoms. The molecule has 0 unspecified atom stereocenters. The number of hydrazine groups is 1. The van der Waals surface area contributed by atoms with E-state index in [1.165, 1.54) is 19.3 Å². The van der Waals surface area contributed by atoms with Gasteiger partial charge in [-0.25, -0.2) is 0 Å². The topological polar surface area (TPSA) is 81.8 Å².